The summed E-state index contributed by atoms with van der Waals surface area (Å²) in [6.07, 6.45) is 3.38. The summed E-state index contributed by atoms with van der Waals surface area (Å²) in [5.41, 5.74) is 2.65. The van der Waals surface area contributed by atoms with E-state index in [-0.39, 0.29) is 6.61 Å². The van der Waals surface area contributed by atoms with Crippen molar-refractivity contribution in [3.63, 3.8) is 0 Å². The maximum atomic E-state index is 8.94. The third-order valence-corrected chi connectivity index (χ3v) is 3.39. The Balaban J connectivity index is 2.09. The van der Waals surface area contributed by atoms with Crippen LogP contribution in [0.15, 0.2) is 34.8 Å². The second-order valence-corrected chi connectivity index (χ2v) is 4.94. The Morgan fingerprint density at radius 1 is 1.25 bits per heavy atom. The maximum absolute atomic E-state index is 8.94. The van der Waals surface area contributed by atoms with Gasteiger partial charge in [0.1, 0.15) is 0 Å². The highest BCUT2D eigenvalue weighted by atomic mass is 79.9. The Kier molecular flexibility index (Phi) is 4.16. The van der Waals surface area contributed by atoms with Gasteiger partial charge < -0.3 is 5.11 Å². The van der Waals surface area contributed by atoms with Crippen LogP contribution in [0.1, 0.15) is 12.0 Å². The van der Waals surface area contributed by atoms with Gasteiger partial charge in [-0.2, -0.15) is 0 Å². The average molecular weight is 282 g/mol. The van der Waals surface area contributed by atoms with Gasteiger partial charge >= 0.3 is 0 Å². The molecule has 0 amide bonds. The fourth-order valence-electron chi connectivity index (χ4n) is 2.01. The van der Waals surface area contributed by atoms with Crippen molar-refractivity contribution in [3.8, 4) is 0 Å². The van der Waals surface area contributed by atoms with E-state index in [9.17, 15) is 0 Å². The lowest BCUT2D eigenvalue weighted by Gasteiger charge is -2.26. The molecule has 0 bridgehead atoms. The van der Waals surface area contributed by atoms with E-state index in [0.29, 0.717) is 0 Å². The molecule has 16 heavy (non-hydrogen) atoms. The highest BCUT2D eigenvalue weighted by molar-refractivity contribution is 9.10. The van der Waals surface area contributed by atoms with Crippen molar-refractivity contribution in [1.29, 1.82) is 0 Å². The molecule has 2 nitrogen and oxygen atoms in total. The monoisotopic (exact) mass is 281 g/mol. The van der Waals surface area contributed by atoms with Crippen molar-refractivity contribution >= 4 is 21.5 Å². The molecule has 0 saturated heterocycles. The average Bonchev–Trinajstić information content (AvgIpc) is 2.31. The molecular weight excluding hydrogens is 266 g/mol. The molecule has 1 heterocycles. The number of hydrogen-bond donors (Lipinski definition) is 1. The van der Waals surface area contributed by atoms with Gasteiger partial charge in [0.25, 0.3) is 0 Å². The van der Waals surface area contributed by atoms with Gasteiger partial charge in [0.15, 0.2) is 0 Å². The van der Waals surface area contributed by atoms with E-state index in [0.717, 1.165) is 30.5 Å². The minimum Gasteiger partial charge on any atom is -0.395 e. The molecule has 0 saturated carbocycles. The molecular formula is C13H16BrNO. The Labute approximate surface area is 105 Å². The third kappa shape index (κ3) is 2.94. The minimum atomic E-state index is 0.244. The van der Waals surface area contributed by atoms with Crippen LogP contribution in [0.25, 0.3) is 5.57 Å². The molecule has 0 aromatic heterocycles. The SMILES string of the molecule is OCCN1CCC=C(c2ccc(Br)cc2)C1. The van der Waals surface area contributed by atoms with E-state index in [1.807, 2.05) is 0 Å². The lowest BCUT2D eigenvalue weighted by Crippen LogP contribution is -2.31. The summed E-state index contributed by atoms with van der Waals surface area (Å²) in [4.78, 5) is 2.29. The largest absolute Gasteiger partial charge is 0.395 e. The van der Waals surface area contributed by atoms with Crippen LogP contribution in [-0.2, 0) is 0 Å². The molecule has 1 aromatic rings. The fraction of sp³-hybridized carbons (Fsp3) is 0.385. The predicted octanol–water partition coefficient (Wildman–Crippen LogP) is 2.53. The van der Waals surface area contributed by atoms with Gasteiger partial charge in [-0.25, -0.2) is 0 Å². The minimum absolute atomic E-state index is 0.244. The lowest BCUT2D eigenvalue weighted by molar-refractivity contribution is 0.209. The molecule has 1 aromatic carbocycles. The zero-order chi connectivity index (χ0) is 11.4. The standard InChI is InChI=1S/C13H16BrNO/c14-13-5-3-11(4-6-13)12-2-1-7-15(10-12)8-9-16/h2-6,16H,1,7-10H2. The number of halogens is 1. The summed E-state index contributed by atoms with van der Waals surface area (Å²) in [5, 5.41) is 8.94. The van der Waals surface area contributed by atoms with E-state index in [4.69, 9.17) is 5.11 Å². The highest BCUT2D eigenvalue weighted by Crippen LogP contribution is 2.22. The first-order chi connectivity index (χ1) is 7.79. The molecule has 1 N–H and O–H groups in total. The Hall–Kier alpha value is -0.640. The summed E-state index contributed by atoms with van der Waals surface area (Å²) in [6, 6.07) is 8.42. The van der Waals surface area contributed by atoms with Gasteiger partial charge in [-0.1, -0.05) is 34.1 Å². The molecule has 0 aliphatic carbocycles. The van der Waals surface area contributed by atoms with E-state index in [1.54, 1.807) is 0 Å². The van der Waals surface area contributed by atoms with Gasteiger partial charge in [0.05, 0.1) is 6.61 Å². The summed E-state index contributed by atoms with van der Waals surface area (Å²) >= 11 is 3.44. The molecule has 3 heteroatoms. The zero-order valence-corrected chi connectivity index (χ0v) is 10.8. The molecule has 2 rings (SSSR count). The van der Waals surface area contributed by atoms with Crippen LogP contribution in [0.5, 0.6) is 0 Å². The number of β-amino-alcohol motifs (C(OH)–C–C–N with tert-alkyl or cyclic N) is 1. The van der Waals surface area contributed by atoms with Gasteiger partial charge in [0.2, 0.25) is 0 Å². The first-order valence-corrected chi connectivity index (χ1v) is 6.37. The zero-order valence-electron chi connectivity index (χ0n) is 9.19. The van der Waals surface area contributed by atoms with Crippen molar-refractivity contribution in [1.82, 2.24) is 4.90 Å². The molecule has 1 aliphatic heterocycles. The lowest BCUT2D eigenvalue weighted by atomic mass is 10.0. The maximum Gasteiger partial charge on any atom is 0.0558 e. The van der Waals surface area contributed by atoms with Crippen molar-refractivity contribution in [2.45, 2.75) is 6.42 Å². The second kappa shape index (κ2) is 5.62. The molecule has 0 fully saturated rings. The smallest absolute Gasteiger partial charge is 0.0558 e. The second-order valence-electron chi connectivity index (χ2n) is 4.02. The molecule has 1 aliphatic rings. The number of aliphatic hydroxyl groups excluding tert-OH is 1. The number of nitrogens with zero attached hydrogens (tertiary/aromatic N) is 1. The van der Waals surface area contributed by atoms with Crippen LogP contribution >= 0.6 is 15.9 Å². The van der Waals surface area contributed by atoms with Crippen LogP contribution in [0.4, 0.5) is 0 Å². The van der Waals surface area contributed by atoms with Gasteiger partial charge in [-0.3, -0.25) is 4.90 Å². The van der Waals surface area contributed by atoms with Crippen molar-refractivity contribution < 1.29 is 5.11 Å². The summed E-state index contributed by atoms with van der Waals surface area (Å²) in [5.74, 6) is 0. The number of rotatable bonds is 3. The van der Waals surface area contributed by atoms with Gasteiger partial charge in [-0.05, 0) is 29.7 Å². The Morgan fingerprint density at radius 3 is 2.69 bits per heavy atom. The van der Waals surface area contributed by atoms with Crippen LogP contribution < -0.4 is 0 Å². The van der Waals surface area contributed by atoms with Crippen LogP contribution in [0.2, 0.25) is 0 Å². The van der Waals surface area contributed by atoms with Crippen molar-refractivity contribution in [2.75, 3.05) is 26.2 Å². The Bertz CT molecular complexity index is 372. The molecule has 0 spiro atoms. The first-order valence-electron chi connectivity index (χ1n) is 5.58. The van der Waals surface area contributed by atoms with Crippen LogP contribution in [0, 0.1) is 0 Å². The number of benzene rings is 1. The van der Waals surface area contributed by atoms with E-state index in [1.165, 1.54) is 11.1 Å². The molecule has 86 valence electrons. The van der Waals surface area contributed by atoms with Gasteiger partial charge in [0, 0.05) is 24.1 Å². The quantitative estimate of drug-likeness (QED) is 0.921. The first kappa shape index (κ1) is 11.8. The van der Waals surface area contributed by atoms with Gasteiger partial charge in [-0.15, -0.1) is 0 Å². The Morgan fingerprint density at radius 2 is 2.00 bits per heavy atom. The van der Waals surface area contributed by atoms with Crippen LogP contribution in [-0.4, -0.2) is 36.2 Å². The third-order valence-electron chi connectivity index (χ3n) is 2.86. The highest BCUT2D eigenvalue weighted by Gasteiger charge is 2.12. The number of hydrogen-bond acceptors (Lipinski definition) is 2. The molecule has 0 atom stereocenters. The summed E-state index contributed by atoms with van der Waals surface area (Å²) in [6.45, 7) is 3.02. The van der Waals surface area contributed by atoms with Crippen molar-refractivity contribution in [2.24, 2.45) is 0 Å². The topological polar surface area (TPSA) is 23.5 Å². The van der Waals surface area contributed by atoms with E-state index in [2.05, 4.69) is 51.2 Å². The van der Waals surface area contributed by atoms with E-state index >= 15 is 0 Å². The molecule has 0 unspecified atom stereocenters. The molecule has 0 radical (unpaired) electrons. The van der Waals surface area contributed by atoms with Crippen LogP contribution in [0.3, 0.4) is 0 Å². The number of aliphatic hydroxyl groups is 1. The van der Waals surface area contributed by atoms with Crippen molar-refractivity contribution in [3.05, 3.63) is 40.4 Å². The summed E-state index contributed by atoms with van der Waals surface area (Å²) < 4.78 is 1.11. The predicted molar refractivity (Wildman–Crippen MR) is 70.3 cm³/mol. The fourth-order valence-corrected chi connectivity index (χ4v) is 2.28. The summed E-state index contributed by atoms with van der Waals surface area (Å²) in [7, 11) is 0. The normalized spacial score (nSPS) is 17.2. The van der Waals surface area contributed by atoms with E-state index < -0.39 is 0 Å².